The number of hydrogen-bond donors (Lipinski definition) is 1. The smallest absolute Gasteiger partial charge is 0.339 e. The third-order valence-corrected chi connectivity index (χ3v) is 7.96. The molecule has 3 aromatic carbocycles. The van der Waals surface area contributed by atoms with Crippen molar-refractivity contribution >= 4 is 56.6 Å². The van der Waals surface area contributed by atoms with Crippen LogP contribution in [0.5, 0.6) is 5.75 Å². The summed E-state index contributed by atoms with van der Waals surface area (Å²) in [6.07, 6.45) is 1.89. The maximum Gasteiger partial charge on any atom is 0.339 e. The van der Waals surface area contributed by atoms with Crippen molar-refractivity contribution in [3.63, 3.8) is 0 Å². The van der Waals surface area contributed by atoms with Gasteiger partial charge in [0.1, 0.15) is 12.3 Å². The van der Waals surface area contributed by atoms with Crippen molar-refractivity contribution in [2.45, 2.75) is 23.6 Å². The van der Waals surface area contributed by atoms with E-state index in [4.69, 9.17) is 21.1 Å². The third kappa shape index (κ3) is 7.18. The summed E-state index contributed by atoms with van der Waals surface area (Å²) in [4.78, 5) is 25.9. The minimum absolute atomic E-state index is 0.0498. The zero-order chi connectivity index (χ0) is 27.0. The number of sulfonamides is 1. The summed E-state index contributed by atoms with van der Waals surface area (Å²) in [5.41, 5.74) is 0.758. The topological polar surface area (TPSA) is 102 Å². The number of amides is 1. The zero-order valence-corrected chi connectivity index (χ0v) is 23.0. The molecule has 0 aromatic heterocycles. The van der Waals surface area contributed by atoms with Crippen LogP contribution in [-0.2, 0) is 19.6 Å². The first kappa shape index (κ1) is 28.4. The lowest BCUT2D eigenvalue weighted by molar-refractivity contribution is -0.114. The number of esters is 1. The number of carbonyl (C=O) groups excluding carboxylic acids is 2. The van der Waals surface area contributed by atoms with Crippen LogP contribution in [-0.4, -0.2) is 46.3 Å². The predicted molar refractivity (Wildman–Crippen MR) is 146 cm³/mol. The van der Waals surface area contributed by atoms with E-state index in [0.29, 0.717) is 23.7 Å². The van der Waals surface area contributed by atoms with Gasteiger partial charge in [0.2, 0.25) is 5.91 Å². The Morgan fingerprint density at radius 2 is 1.65 bits per heavy atom. The van der Waals surface area contributed by atoms with E-state index in [1.54, 1.807) is 43.3 Å². The summed E-state index contributed by atoms with van der Waals surface area (Å²) < 4.78 is 38.6. The molecule has 3 rings (SSSR count). The first-order chi connectivity index (χ1) is 17.7. The Labute approximate surface area is 226 Å². The molecule has 0 atom stereocenters. The molecule has 0 aliphatic heterocycles. The molecule has 0 saturated carbocycles. The van der Waals surface area contributed by atoms with Crippen molar-refractivity contribution in [1.29, 1.82) is 0 Å². The van der Waals surface area contributed by atoms with Gasteiger partial charge >= 0.3 is 5.97 Å². The molecule has 0 fully saturated rings. The Morgan fingerprint density at radius 1 is 0.973 bits per heavy atom. The summed E-state index contributed by atoms with van der Waals surface area (Å²) >= 11 is 7.68. The lowest BCUT2D eigenvalue weighted by Crippen LogP contribution is -2.38. The minimum Gasteiger partial charge on any atom is -0.494 e. The van der Waals surface area contributed by atoms with Crippen LogP contribution < -0.4 is 14.4 Å². The second-order valence-electron chi connectivity index (χ2n) is 7.58. The van der Waals surface area contributed by atoms with E-state index in [0.717, 1.165) is 9.20 Å². The largest absolute Gasteiger partial charge is 0.494 e. The standard InChI is InChI=1S/C26H27ClN2O6S2/c1-4-34-20-9-7-19(8-10-20)29(37(32,33)22-13-11-21(36-3)12-14-22)17-25(30)28-18-6-15-23(24(27)16-18)26(31)35-5-2/h6-16H,4-5,17H2,1-3H3,(H,28,30). The summed E-state index contributed by atoms with van der Waals surface area (Å²) in [5, 5.41) is 2.74. The van der Waals surface area contributed by atoms with Crippen LogP contribution in [0.2, 0.25) is 5.02 Å². The predicted octanol–water partition coefficient (Wildman–Crippen LogP) is 5.47. The van der Waals surface area contributed by atoms with Crippen molar-refractivity contribution in [1.82, 2.24) is 0 Å². The van der Waals surface area contributed by atoms with Gasteiger partial charge < -0.3 is 14.8 Å². The molecule has 196 valence electrons. The van der Waals surface area contributed by atoms with E-state index < -0.39 is 28.4 Å². The van der Waals surface area contributed by atoms with E-state index in [1.165, 1.54) is 42.1 Å². The Kier molecular flexibility index (Phi) is 9.85. The summed E-state index contributed by atoms with van der Waals surface area (Å²) in [6.45, 7) is 3.69. The summed E-state index contributed by atoms with van der Waals surface area (Å²) in [7, 11) is -4.09. The molecule has 0 aliphatic rings. The number of rotatable bonds is 11. The van der Waals surface area contributed by atoms with Crippen molar-refractivity contribution < 1.29 is 27.5 Å². The molecule has 0 spiro atoms. The van der Waals surface area contributed by atoms with Gasteiger partial charge in [-0.15, -0.1) is 11.8 Å². The molecule has 3 aromatic rings. The number of ether oxygens (including phenoxy) is 2. The maximum atomic E-state index is 13.6. The van der Waals surface area contributed by atoms with Gasteiger partial charge in [-0.1, -0.05) is 11.6 Å². The van der Waals surface area contributed by atoms with Crippen LogP contribution in [0.1, 0.15) is 24.2 Å². The summed E-state index contributed by atoms with van der Waals surface area (Å²) in [5.74, 6) is -0.600. The number of carbonyl (C=O) groups is 2. The van der Waals surface area contributed by atoms with Gasteiger partial charge in [0, 0.05) is 10.6 Å². The highest BCUT2D eigenvalue weighted by Crippen LogP contribution is 2.28. The van der Waals surface area contributed by atoms with E-state index in [9.17, 15) is 18.0 Å². The monoisotopic (exact) mass is 562 g/mol. The minimum atomic E-state index is -4.09. The maximum absolute atomic E-state index is 13.6. The van der Waals surface area contributed by atoms with Crippen LogP contribution in [0.15, 0.2) is 76.5 Å². The lowest BCUT2D eigenvalue weighted by Gasteiger charge is -2.24. The van der Waals surface area contributed by atoms with Gasteiger partial charge in [-0.3, -0.25) is 9.10 Å². The van der Waals surface area contributed by atoms with Crippen molar-refractivity contribution in [2.75, 3.05) is 35.6 Å². The number of thioether (sulfide) groups is 1. The van der Waals surface area contributed by atoms with Gasteiger partial charge in [-0.25, -0.2) is 13.2 Å². The number of halogens is 1. The second kappa shape index (κ2) is 12.8. The number of benzene rings is 3. The van der Waals surface area contributed by atoms with Crippen LogP contribution >= 0.6 is 23.4 Å². The van der Waals surface area contributed by atoms with Gasteiger partial charge in [0.25, 0.3) is 10.0 Å². The zero-order valence-electron chi connectivity index (χ0n) is 20.6. The third-order valence-electron chi connectivity index (χ3n) is 5.12. The number of nitrogens with one attached hydrogen (secondary N) is 1. The fourth-order valence-electron chi connectivity index (χ4n) is 3.36. The summed E-state index contributed by atoms with van der Waals surface area (Å²) in [6, 6.07) is 17.2. The fraction of sp³-hybridized carbons (Fsp3) is 0.231. The van der Waals surface area contributed by atoms with Crippen molar-refractivity contribution in [3.8, 4) is 5.75 Å². The SMILES string of the molecule is CCOC(=O)c1ccc(NC(=O)CN(c2ccc(OCC)cc2)S(=O)(=O)c2ccc(SC)cc2)cc1Cl. The molecule has 11 heteroatoms. The Bertz CT molecular complexity index is 1350. The van der Waals surface area contributed by atoms with Crippen LogP contribution in [0, 0.1) is 0 Å². The molecule has 1 N–H and O–H groups in total. The quantitative estimate of drug-likeness (QED) is 0.244. The lowest BCUT2D eigenvalue weighted by atomic mass is 10.2. The van der Waals surface area contributed by atoms with Crippen molar-refractivity contribution in [3.05, 3.63) is 77.3 Å². The molecular weight excluding hydrogens is 536 g/mol. The van der Waals surface area contributed by atoms with E-state index in [2.05, 4.69) is 5.32 Å². The number of nitrogens with zero attached hydrogens (tertiary/aromatic N) is 1. The molecule has 0 radical (unpaired) electrons. The molecular formula is C26H27ClN2O6S2. The van der Waals surface area contributed by atoms with Crippen LogP contribution in [0.4, 0.5) is 11.4 Å². The van der Waals surface area contributed by atoms with Crippen LogP contribution in [0.25, 0.3) is 0 Å². The molecule has 1 amide bonds. The Hall–Kier alpha value is -3.21. The molecule has 0 aliphatic carbocycles. The van der Waals surface area contributed by atoms with Gasteiger partial charge in [-0.05, 0) is 86.8 Å². The highest BCUT2D eigenvalue weighted by atomic mass is 35.5. The molecule has 8 nitrogen and oxygen atoms in total. The number of anilines is 2. The first-order valence-electron chi connectivity index (χ1n) is 11.4. The highest BCUT2D eigenvalue weighted by molar-refractivity contribution is 7.98. The van der Waals surface area contributed by atoms with Gasteiger partial charge in [0.05, 0.1) is 34.4 Å². The average Bonchev–Trinajstić information content (AvgIpc) is 2.88. The number of hydrogen-bond acceptors (Lipinski definition) is 7. The molecule has 0 bridgehead atoms. The fourth-order valence-corrected chi connectivity index (χ4v) is 5.45. The Morgan fingerprint density at radius 3 is 2.22 bits per heavy atom. The van der Waals surface area contributed by atoms with E-state index in [1.807, 2.05) is 13.2 Å². The molecule has 37 heavy (non-hydrogen) atoms. The second-order valence-corrected chi connectivity index (χ2v) is 10.7. The molecule has 0 heterocycles. The van der Waals surface area contributed by atoms with Crippen molar-refractivity contribution in [2.24, 2.45) is 0 Å². The van der Waals surface area contributed by atoms with E-state index in [-0.39, 0.29) is 22.1 Å². The van der Waals surface area contributed by atoms with Gasteiger partial charge in [-0.2, -0.15) is 0 Å². The normalized spacial score (nSPS) is 11.0. The first-order valence-corrected chi connectivity index (χ1v) is 14.4. The van der Waals surface area contributed by atoms with Gasteiger partial charge in [0.15, 0.2) is 0 Å². The highest BCUT2D eigenvalue weighted by Gasteiger charge is 2.27. The molecule has 0 unspecified atom stereocenters. The van der Waals surface area contributed by atoms with Crippen LogP contribution in [0.3, 0.4) is 0 Å². The Balaban J connectivity index is 1.89. The average molecular weight is 563 g/mol. The molecule has 0 saturated heterocycles. The van der Waals surface area contributed by atoms with E-state index >= 15 is 0 Å².